The summed E-state index contributed by atoms with van der Waals surface area (Å²) in [6.45, 7) is 2.69. The van der Waals surface area contributed by atoms with Gasteiger partial charge in [0.2, 0.25) is 10.0 Å². The third-order valence-electron chi connectivity index (χ3n) is 3.77. The van der Waals surface area contributed by atoms with E-state index in [1.807, 2.05) is 0 Å². The molecule has 1 aromatic heterocycles. The standard InChI is InChI=1S/C12H18N4O2S/c13-11-3-4-14-9-12(11)19(17,18)16-7-5-15(6-8-16)10-1-2-10/h3-4,9-10H,1-2,5-8H2,(H2,13,14). The summed E-state index contributed by atoms with van der Waals surface area (Å²) in [6, 6.07) is 2.21. The fourth-order valence-electron chi connectivity index (χ4n) is 2.49. The zero-order valence-corrected chi connectivity index (χ0v) is 11.5. The minimum Gasteiger partial charge on any atom is -0.398 e. The van der Waals surface area contributed by atoms with Crippen molar-refractivity contribution in [3.05, 3.63) is 18.5 Å². The first kappa shape index (κ1) is 12.8. The summed E-state index contributed by atoms with van der Waals surface area (Å²) in [5.41, 5.74) is 6.01. The van der Waals surface area contributed by atoms with Crippen LogP contribution in [-0.4, -0.2) is 54.8 Å². The maximum absolute atomic E-state index is 12.5. The number of sulfonamides is 1. The molecule has 2 N–H and O–H groups in total. The van der Waals surface area contributed by atoms with Gasteiger partial charge < -0.3 is 5.73 Å². The molecule has 19 heavy (non-hydrogen) atoms. The average molecular weight is 282 g/mol. The largest absolute Gasteiger partial charge is 0.398 e. The van der Waals surface area contributed by atoms with Gasteiger partial charge in [-0.15, -0.1) is 0 Å². The van der Waals surface area contributed by atoms with Gasteiger partial charge in [0.05, 0.1) is 5.69 Å². The van der Waals surface area contributed by atoms with E-state index in [-0.39, 0.29) is 10.6 Å². The molecule has 0 aromatic carbocycles. The maximum Gasteiger partial charge on any atom is 0.246 e. The summed E-state index contributed by atoms with van der Waals surface area (Å²) in [4.78, 5) is 6.36. The molecule has 0 bridgehead atoms. The van der Waals surface area contributed by atoms with E-state index in [1.165, 1.54) is 35.6 Å². The number of pyridine rings is 1. The van der Waals surface area contributed by atoms with Crippen LogP contribution >= 0.6 is 0 Å². The van der Waals surface area contributed by atoms with Crippen LogP contribution in [0, 0.1) is 0 Å². The lowest BCUT2D eigenvalue weighted by molar-refractivity contribution is 0.180. The first-order valence-corrected chi connectivity index (χ1v) is 7.97. The molecule has 6 nitrogen and oxygen atoms in total. The predicted octanol–water partition coefficient (Wildman–Crippen LogP) is 0.132. The number of hydrogen-bond donors (Lipinski definition) is 1. The summed E-state index contributed by atoms with van der Waals surface area (Å²) in [5, 5.41) is 0. The molecule has 1 saturated heterocycles. The van der Waals surface area contributed by atoms with Crippen LogP contribution in [0.4, 0.5) is 5.69 Å². The van der Waals surface area contributed by atoms with Crippen LogP contribution in [-0.2, 0) is 10.0 Å². The van der Waals surface area contributed by atoms with Crippen LogP contribution in [0.5, 0.6) is 0 Å². The Morgan fingerprint density at radius 2 is 1.89 bits per heavy atom. The average Bonchev–Trinajstić information content (AvgIpc) is 3.23. The fraction of sp³-hybridized carbons (Fsp3) is 0.583. The van der Waals surface area contributed by atoms with E-state index in [0.717, 1.165) is 13.1 Å². The second-order valence-corrected chi connectivity index (χ2v) is 6.99. The highest BCUT2D eigenvalue weighted by atomic mass is 32.2. The van der Waals surface area contributed by atoms with E-state index in [4.69, 9.17) is 5.73 Å². The van der Waals surface area contributed by atoms with Gasteiger partial charge in [-0.1, -0.05) is 0 Å². The Labute approximate surface area is 113 Å². The van der Waals surface area contributed by atoms with Crippen LogP contribution in [0.3, 0.4) is 0 Å². The SMILES string of the molecule is Nc1ccncc1S(=O)(=O)N1CCN(C2CC2)CC1. The third kappa shape index (κ3) is 2.45. The van der Waals surface area contributed by atoms with E-state index in [1.54, 1.807) is 0 Å². The molecular weight excluding hydrogens is 264 g/mol. The Morgan fingerprint density at radius 1 is 1.21 bits per heavy atom. The number of aromatic nitrogens is 1. The Kier molecular flexibility index (Phi) is 3.20. The Balaban J connectivity index is 1.76. The van der Waals surface area contributed by atoms with Gasteiger partial charge in [-0.05, 0) is 18.9 Å². The first-order valence-electron chi connectivity index (χ1n) is 6.53. The normalized spacial score (nSPS) is 22.5. The monoisotopic (exact) mass is 282 g/mol. The fourth-order valence-corrected chi connectivity index (χ4v) is 3.98. The smallest absolute Gasteiger partial charge is 0.246 e. The zero-order chi connectivity index (χ0) is 13.5. The molecule has 0 atom stereocenters. The number of nitrogens with two attached hydrogens (primary N) is 1. The Morgan fingerprint density at radius 3 is 2.47 bits per heavy atom. The molecule has 2 heterocycles. The summed E-state index contributed by atoms with van der Waals surface area (Å²) < 4.78 is 26.5. The molecule has 3 rings (SSSR count). The van der Waals surface area contributed by atoms with Crippen LogP contribution in [0.1, 0.15) is 12.8 Å². The number of rotatable bonds is 3. The molecule has 2 fully saturated rings. The molecule has 7 heteroatoms. The lowest BCUT2D eigenvalue weighted by Crippen LogP contribution is -2.49. The van der Waals surface area contributed by atoms with Crippen LogP contribution < -0.4 is 5.73 Å². The van der Waals surface area contributed by atoms with Gasteiger partial charge in [-0.3, -0.25) is 9.88 Å². The second kappa shape index (κ2) is 4.73. The summed E-state index contributed by atoms with van der Waals surface area (Å²) in [7, 11) is -3.50. The van der Waals surface area contributed by atoms with E-state index in [2.05, 4.69) is 9.88 Å². The van der Waals surface area contributed by atoms with E-state index in [9.17, 15) is 8.42 Å². The van der Waals surface area contributed by atoms with Crippen molar-refractivity contribution in [2.24, 2.45) is 0 Å². The number of piperazine rings is 1. The summed E-state index contributed by atoms with van der Waals surface area (Å²) in [6.07, 6.45) is 5.34. The van der Waals surface area contributed by atoms with E-state index in [0.29, 0.717) is 19.1 Å². The van der Waals surface area contributed by atoms with Crippen molar-refractivity contribution in [2.75, 3.05) is 31.9 Å². The van der Waals surface area contributed by atoms with Gasteiger partial charge in [0, 0.05) is 44.6 Å². The maximum atomic E-state index is 12.5. The molecule has 1 aromatic rings. The molecule has 0 radical (unpaired) electrons. The molecule has 2 aliphatic rings. The number of anilines is 1. The molecular formula is C12H18N4O2S. The lowest BCUT2D eigenvalue weighted by Gasteiger charge is -2.34. The minimum absolute atomic E-state index is 0.120. The van der Waals surface area contributed by atoms with Gasteiger partial charge in [0.15, 0.2) is 0 Å². The van der Waals surface area contributed by atoms with Crippen LogP contribution in [0.2, 0.25) is 0 Å². The van der Waals surface area contributed by atoms with Gasteiger partial charge in [-0.2, -0.15) is 4.31 Å². The zero-order valence-electron chi connectivity index (χ0n) is 10.7. The van der Waals surface area contributed by atoms with Gasteiger partial charge in [0.25, 0.3) is 0 Å². The molecule has 0 amide bonds. The quantitative estimate of drug-likeness (QED) is 0.852. The second-order valence-electron chi connectivity index (χ2n) is 5.08. The number of nitrogens with zero attached hydrogens (tertiary/aromatic N) is 3. The highest BCUT2D eigenvalue weighted by molar-refractivity contribution is 7.89. The minimum atomic E-state index is -3.50. The highest BCUT2D eigenvalue weighted by Crippen LogP contribution is 2.29. The highest BCUT2D eigenvalue weighted by Gasteiger charge is 2.35. The topological polar surface area (TPSA) is 79.5 Å². The molecule has 0 spiro atoms. The van der Waals surface area contributed by atoms with Crippen molar-refractivity contribution in [3.63, 3.8) is 0 Å². The first-order chi connectivity index (χ1) is 9.09. The van der Waals surface area contributed by atoms with Gasteiger partial charge >= 0.3 is 0 Å². The van der Waals surface area contributed by atoms with Crippen LogP contribution in [0.15, 0.2) is 23.4 Å². The molecule has 1 saturated carbocycles. The van der Waals surface area contributed by atoms with Crippen molar-refractivity contribution in [3.8, 4) is 0 Å². The molecule has 0 unspecified atom stereocenters. The summed E-state index contributed by atoms with van der Waals surface area (Å²) in [5.74, 6) is 0. The van der Waals surface area contributed by atoms with Crippen molar-refractivity contribution < 1.29 is 8.42 Å². The third-order valence-corrected chi connectivity index (χ3v) is 5.71. The van der Waals surface area contributed by atoms with Crippen LogP contribution in [0.25, 0.3) is 0 Å². The van der Waals surface area contributed by atoms with Crippen molar-refractivity contribution in [1.29, 1.82) is 0 Å². The molecule has 104 valence electrons. The molecule has 1 aliphatic heterocycles. The van der Waals surface area contributed by atoms with Gasteiger partial charge in [0.1, 0.15) is 4.90 Å². The number of hydrogen-bond acceptors (Lipinski definition) is 5. The predicted molar refractivity (Wildman–Crippen MR) is 72.0 cm³/mol. The van der Waals surface area contributed by atoms with Crippen molar-refractivity contribution >= 4 is 15.7 Å². The molecule has 1 aliphatic carbocycles. The van der Waals surface area contributed by atoms with Crippen molar-refractivity contribution in [2.45, 2.75) is 23.8 Å². The lowest BCUT2D eigenvalue weighted by atomic mass is 10.3. The Bertz CT molecular complexity index is 563. The number of nitrogen functional groups attached to an aromatic ring is 1. The van der Waals surface area contributed by atoms with E-state index < -0.39 is 10.0 Å². The van der Waals surface area contributed by atoms with Gasteiger partial charge in [-0.25, -0.2) is 8.42 Å². The van der Waals surface area contributed by atoms with E-state index >= 15 is 0 Å². The Hall–Kier alpha value is -1.18. The van der Waals surface area contributed by atoms with Crippen molar-refractivity contribution in [1.82, 2.24) is 14.2 Å². The summed E-state index contributed by atoms with van der Waals surface area (Å²) >= 11 is 0.